The minimum atomic E-state index is -0.432. The van der Waals surface area contributed by atoms with E-state index in [0.29, 0.717) is 23.3 Å². The summed E-state index contributed by atoms with van der Waals surface area (Å²) in [5, 5.41) is 6.80. The Labute approximate surface area is 254 Å². The van der Waals surface area contributed by atoms with Crippen molar-refractivity contribution in [1.29, 1.82) is 5.41 Å². The number of ketones is 1. The molecule has 0 atom stereocenters. The van der Waals surface area contributed by atoms with Gasteiger partial charge in [-0.05, 0) is 49.2 Å². The molecule has 0 fully saturated rings. The van der Waals surface area contributed by atoms with Gasteiger partial charge in [-0.1, -0.05) is 28.1 Å². The van der Waals surface area contributed by atoms with Gasteiger partial charge in [-0.25, -0.2) is 14.6 Å². The average Bonchev–Trinajstić information content (AvgIpc) is 3.41. The number of aromatic nitrogens is 2. The highest BCUT2D eigenvalue weighted by molar-refractivity contribution is 9.09. The Morgan fingerprint density at radius 1 is 0.927 bits per heavy atom. The van der Waals surface area contributed by atoms with Crippen molar-refractivity contribution < 1.29 is 33.3 Å². The van der Waals surface area contributed by atoms with Crippen LogP contribution in [0.2, 0.25) is 0 Å². The van der Waals surface area contributed by atoms with Crippen molar-refractivity contribution in [1.82, 2.24) is 9.97 Å². The molecule has 0 saturated heterocycles. The molecule has 11 nitrogen and oxygen atoms in total. The van der Waals surface area contributed by atoms with E-state index in [2.05, 4.69) is 35.4 Å². The van der Waals surface area contributed by atoms with Crippen molar-refractivity contribution >= 4 is 51.9 Å². The van der Waals surface area contributed by atoms with Gasteiger partial charge >= 0.3 is 11.9 Å². The zero-order valence-electron chi connectivity index (χ0n) is 23.8. The number of nitrogens with zero attached hydrogens (tertiary/aromatic N) is 1. The number of aromatic amines is 1. The molecule has 0 amide bonds. The topological polar surface area (TPSA) is 167 Å². The van der Waals surface area contributed by atoms with Gasteiger partial charge in [0.2, 0.25) is 0 Å². The van der Waals surface area contributed by atoms with Crippen molar-refractivity contribution in [2.24, 2.45) is 5.73 Å². The van der Waals surface area contributed by atoms with E-state index in [1.807, 2.05) is 19.9 Å². The summed E-state index contributed by atoms with van der Waals surface area (Å²) in [6.45, 7) is 4.47. The highest BCUT2D eigenvalue weighted by Crippen LogP contribution is 2.23. The predicted molar refractivity (Wildman–Crippen MR) is 162 cm³/mol. The largest absolute Gasteiger partial charge is 0.465 e. The van der Waals surface area contributed by atoms with Crippen molar-refractivity contribution in [2.75, 3.05) is 40.4 Å². The summed E-state index contributed by atoms with van der Waals surface area (Å²) < 4.78 is 18.8. The van der Waals surface area contributed by atoms with Gasteiger partial charge in [0.25, 0.3) is 0 Å². The van der Waals surface area contributed by atoms with Gasteiger partial charge in [0, 0.05) is 25.3 Å². The number of esters is 2. The van der Waals surface area contributed by atoms with E-state index in [4.69, 9.17) is 20.6 Å². The van der Waals surface area contributed by atoms with Gasteiger partial charge in [0.1, 0.15) is 24.9 Å². The number of ether oxygens (including phenoxy) is 4. The highest BCUT2D eigenvalue weighted by Gasteiger charge is 2.13. The smallest absolute Gasteiger partial charge is 0.337 e. The van der Waals surface area contributed by atoms with Crippen molar-refractivity contribution in [3.63, 3.8) is 0 Å². The lowest BCUT2D eigenvalue weighted by Crippen LogP contribution is -2.15. The number of alkyl halides is 1. The number of carbonyl (C=O) groups excluding carboxylic acids is 3. The number of rotatable bonds is 9. The number of halogens is 2. The number of hydrogen-bond donors (Lipinski definition) is 3. The lowest BCUT2D eigenvalue weighted by molar-refractivity contribution is 0.0592. The number of nitrogens with two attached hydrogens (primary N) is 1. The van der Waals surface area contributed by atoms with Crippen LogP contribution in [0.3, 0.4) is 0 Å². The third-order valence-electron chi connectivity index (χ3n) is 5.24. The minimum Gasteiger partial charge on any atom is -0.465 e. The fourth-order valence-corrected chi connectivity index (χ4v) is 3.56. The normalized spacial score (nSPS) is 9.63. The highest BCUT2D eigenvalue weighted by atomic mass is 79.9. The van der Waals surface area contributed by atoms with Crippen molar-refractivity contribution in [3.8, 4) is 11.3 Å². The van der Waals surface area contributed by atoms with Gasteiger partial charge in [-0.3, -0.25) is 10.2 Å². The van der Waals surface area contributed by atoms with Crippen LogP contribution in [-0.4, -0.2) is 73.9 Å². The number of Topliss-reactive ketones (excluding diaryl/α,β-unsaturated/α-hetero) is 1. The molecule has 0 aliphatic rings. The average molecular weight is 656 g/mol. The Morgan fingerprint density at radius 3 is 1.95 bits per heavy atom. The van der Waals surface area contributed by atoms with Gasteiger partial charge in [-0.2, -0.15) is 0 Å². The summed E-state index contributed by atoms with van der Waals surface area (Å²) in [4.78, 5) is 41.7. The molecule has 2 aromatic carbocycles. The number of carbonyl (C=O) groups is 3. The molecule has 1 aromatic heterocycles. The van der Waals surface area contributed by atoms with Crippen LogP contribution in [0, 0.1) is 19.3 Å². The number of aryl methyl sites for hydroxylation is 2. The maximum absolute atomic E-state index is 11.5. The van der Waals surface area contributed by atoms with E-state index in [1.165, 1.54) is 21.3 Å². The molecule has 0 spiro atoms. The predicted octanol–water partition coefficient (Wildman–Crippen LogP) is 4.67. The fraction of sp³-hybridized carbons (Fsp3) is 0.321. The SMILES string of the molecule is COC(=O)c1ccc(C)c(C(=O)CBr)c1.COCC(=N)N.COCc1ncc(-c2cc(C(=O)OC)ccc2C)[nH]1.Cl. The fourth-order valence-electron chi connectivity index (χ4n) is 3.26. The second-order valence-corrected chi connectivity index (χ2v) is 8.79. The Bertz CT molecular complexity index is 1310. The molecular weight excluding hydrogens is 620 g/mol. The molecule has 224 valence electrons. The number of benzene rings is 2. The van der Waals surface area contributed by atoms with E-state index in [9.17, 15) is 14.4 Å². The Kier molecular flexibility index (Phi) is 17.8. The van der Waals surface area contributed by atoms with Crippen LogP contribution < -0.4 is 5.73 Å². The monoisotopic (exact) mass is 654 g/mol. The van der Waals surface area contributed by atoms with Crippen LogP contribution in [0.15, 0.2) is 42.6 Å². The van der Waals surface area contributed by atoms with Crippen molar-refractivity contribution in [2.45, 2.75) is 20.5 Å². The van der Waals surface area contributed by atoms with Crippen LogP contribution in [0.4, 0.5) is 0 Å². The van der Waals surface area contributed by atoms with Gasteiger partial charge in [0.05, 0.1) is 42.6 Å². The molecule has 1 heterocycles. The molecule has 0 radical (unpaired) electrons. The molecular formula is C28H36BrClN4O7. The maximum atomic E-state index is 11.5. The quantitative estimate of drug-likeness (QED) is 0.0976. The lowest BCUT2D eigenvalue weighted by Gasteiger charge is -2.06. The van der Waals surface area contributed by atoms with Crippen LogP contribution >= 0.6 is 28.3 Å². The maximum Gasteiger partial charge on any atom is 0.337 e. The lowest BCUT2D eigenvalue weighted by atomic mass is 10.0. The summed E-state index contributed by atoms with van der Waals surface area (Å²) in [5.41, 5.74) is 10.0. The van der Waals surface area contributed by atoms with Gasteiger partial charge < -0.3 is 29.7 Å². The molecule has 0 aliphatic carbocycles. The Balaban J connectivity index is 0.000000652. The second-order valence-electron chi connectivity index (χ2n) is 8.23. The van der Waals surface area contributed by atoms with Crippen LogP contribution in [0.25, 0.3) is 11.3 Å². The third-order valence-corrected chi connectivity index (χ3v) is 5.75. The third kappa shape index (κ3) is 12.2. The molecule has 4 N–H and O–H groups in total. The first-order chi connectivity index (χ1) is 19.0. The number of amidine groups is 1. The minimum absolute atomic E-state index is 0. The summed E-state index contributed by atoms with van der Waals surface area (Å²) in [5.74, 6) is -0.00683. The standard InChI is InChI=1S/C14H16N2O3.C11H11BrO3.C3H8N2O.ClH/c1-9-4-5-10(14(17)19-3)6-11(9)12-7-15-13(16-12)8-18-2;1-7-3-4-8(11(14)15-2)5-9(7)10(13)6-12;1-6-2-3(4)5;/h4-7H,8H2,1-3H3,(H,15,16);3-5H,6H2,1-2H3;2H2,1H3,(H3,4,5);1H. The number of H-pyrrole nitrogens is 1. The zero-order valence-corrected chi connectivity index (χ0v) is 26.2. The molecule has 0 aliphatic heterocycles. The van der Waals surface area contributed by atoms with E-state index >= 15 is 0 Å². The summed E-state index contributed by atoms with van der Waals surface area (Å²) in [6, 6.07) is 10.4. The molecule has 41 heavy (non-hydrogen) atoms. The molecule has 0 unspecified atom stereocenters. The first-order valence-electron chi connectivity index (χ1n) is 11.8. The molecule has 0 bridgehead atoms. The van der Waals surface area contributed by atoms with E-state index in [0.717, 1.165) is 28.2 Å². The first-order valence-corrected chi connectivity index (χ1v) is 13.0. The second kappa shape index (κ2) is 19.5. The number of imidazole rings is 1. The van der Waals surface area contributed by atoms with Crippen molar-refractivity contribution in [3.05, 3.63) is 76.2 Å². The van der Waals surface area contributed by atoms with E-state index < -0.39 is 5.97 Å². The van der Waals surface area contributed by atoms with Gasteiger partial charge in [0.15, 0.2) is 5.78 Å². The first kappa shape index (κ1) is 37.4. The summed E-state index contributed by atoms with van der Waals surface area (Å²) in [6.07, 6.45) is 1.73. The summed E-state index contributed by atoms with van der Waals surface area (Å²) >= 11 is 3.10. The van der Waals surface area contributed by atoms with E-state index in [1.54, 1.807) is 43.6 Å². The van der Waals surface area contributed by atoms with Gasteiger partial charge in [-0.15, -0.1) is 12.4 Å². The summed E-state index contributed by atoms with van der Waals surface area (Å²) in [7, 11) is 5.80. The molecule has 0 saturated carbocycles. The Morgan fingerprint density at radius 2 is 1.49 bits per heavy atom. The Hall–Kier alpha value is -3.58. The van der Waals surface area contributed by atoms with Crippen LogP contribution in [0.1, 0.15) is 48.0 Å². The van der Waals surface area contributed by atoms with E-state index in [-0.39, 0.29) is 41.9 Å². The number of nitrogens with one attached hydrogen (secondary N) is 2. The zero-order chi connectivity index (χ0) is 30.2. The van der Waals surface area contributed by atoms with Crippen LogP contribution in [0.5, 0.6) is 0 Å². The molecule has 3 rings (SSSR count). The number of hydrogen-bond acceptors (Lipinski definition) is 9. The number of methoxy groups -OCH3 is 4. The molecule has 13 heteroatoms. The van der Waals surface area contributed by atoms with Crippen LogP contribution in [-0.2, 0) is 25.6 Å². The molecule has 3 aromatic rings.